The molecule has 1 aliphatic heterocycles. The van der Waals surface area contributed by atoms with Crippen molar-refractivity contribution < 1.29 is 19.2 Å². The lowest BCUT2D eigenvalue weighted by atomic mass is 10.0. The smallest absolute Gasteiger partial charge is 0.316 e. The van der Waals surface area contributed by atoms with Gasteiger partial charge < -0.3 is 14.2 Å². The molecule has 12 heteroatoms. The molecule has 0 saturated carbocycles. The molecule has 10 nitrogen and oxygen atoms in total. The number of nitrogens with zero attached hydrogens (tertiary/aromatic N) is 5. The Morgan fingerprint density at radius 3 is 2.88 bits per heavy atom. The van der Waals surface area contributed by atoms with Crippen LogP contribution in [0, 0.1) is 10.1 Å². The zero-order chi connectivity index (χ0) is 23.4. The van der Waals surface area contributed by atoms with Crippen molar-refractivity contribution in [2.45, 2.75) is 31.5 Å². The molecule has 33 heavy (non-hydrogen) atoms. The Bertz CT molecular complexity index is 1180. The summed E-state index contributed by atoms with van der Waals surface area (Å²) in [4.78, 5) is 38.0. The lowest BCUT2D eigenvalue weighted by molar-refractivity contribution is -0.384. The zero-order valence-corrected chi connectivity index (χ0v) is 19.4. The van der Waals surface area contributed by atoms with E-state index in [2.05, 4.69) is 10.2 Å². The molecule has 0 spiro atoms. The number of esters is 1. The van der Waals surface area contributed by atoms with Gasteiger partial charge in [0, 0.05) is 30.9 Å². The fourth-order valence-electron chi connectivity index (χ4n) is 3.61. The van der Waals surface area contributed by atoms with Crippen LogP contribution in [0.15, 0.2) is 40.9 Å². The monoisotopic (exact) mass is 487 g/mol. The minimum absolute atomic E-state index is 0.00135. The molecule has 1 amide bonds. The number of rotatable bonds is 8. The normalized spacial score (nSPS) is 12.9. The van der Waals surface area contributed by atoms with Crippen LogP contribution in [-0.2, 0) is 27.3 Å². The maximum atomic E-state index is 12.7. The summed E-state index contributed by atoms with van der Waals surface area (Å²) in [5.41, 5.74) is 1.36. The van der Waals surface area contributed by atoms with Crippen molar-refractivity contribution in [2.24, 2.45) is 0 Å². The number of carbonyl (C=O) groups is 2. The minimum atomic E-state index is -0.530. The lowest BCUT2D eigenvalue weighted by Crippen LogP contribution is -2.38. The molecule has 0 atom stereocenters. The second-order valence-electron chi connectivity index (χ2n) is 7.20. The van der Waals surface area contributed by atoms with Gasteiger partial charge in [0.2, 0.25) is 0 Å². The second kappa shape index (κ2) is 10.1. The number of nitro benzene ring substituents is 1. The standard InChI is InChI=1S/C21H21N5O5S2/c1-2-24-20(17-6-4-10-32-17)22-23-21(24)33-13-19(28)31-12-18(27)25-9-3-5-14-11-15(26(29)30)7-8-16(14)25/h4,6-8,10-11H,2-3,5,9,12-13H2,1H3. The first kappa shape index (κ1) is 22.9. The van der Waals surface area contributed by atoms with Gasteiger partial charge in [-0.15, -0.1) is 21.5 Å². The highest BCUT2D eigenvalue weighted by Gasteiger charge is 2.25. The highest BCUT2D eigenvalue weighted by atomic mass is 32.2. The fourth-order valence-corrected chi connectivity index (χ4v) is 5.13. The summed E-state index contributed by atoms with van der Waals surface area (Å²) >= 11 is 2.77. The first-order valence-electron chi connectivity index (χ1n) is 10.3. The van der Waals surface area contributed by atoms with E-state index in [1.165, 1.54) is 28.8 Å². The molecule has 3 aromatic rings. The molecule has 0 fully saturated rings. The number of thioether (sulfide) groups is 1. The summed E-state index contributed by atoms with van der Waals surface area (Å²) in [7, 11) is 0. The van der Waals surface area contributed by atoms with Gasteiger partial charge in [0.15, 0.2) is 17.6 Å². The molecule has 0 aliphatic carbocycles. The molecule has 1 aliphatic rings. The number of hydrogen-bond acceptors (Lipinski definition) is 9. The van der Waals surface area contributed by atoms with Crippen LogP contribution in [0.4, 0.5) is 11.4 Å². The lowest BCUT2D eigenvalue weighted by Gasteiger charge is -2.29. The van der Waals surface area contributed by atoms with Crippen molar-refractivity contribution in [1.82, 2.24) is 14.8 Å². The molecule has 0 N–H and O–H groups in total. The van der Waals surface area contributed by atoms with Crippen molar-refractivity contribution in [3.05, 3.63) is 51.4 Å². The highest BCUT2D eigenvalue weighted by Crippen LogP contribution is 2.31. The van der Waals surface area contributed by atoms with Crippen LogP contribution in [0.25, 0.3) is 10.7 Å². The van der Waals surface area contributed by atoms with Crippen LogP contribution in [-0.4, -0.2) is 50.5 Å². The van der Waals surface area contributed by atoms with Crippen LogP contribution >= 0.6 is 23.1 Å². The number of fused-ring (bicyclic) bond motifs is 1. The average molecular weight is 488 g/mol. The number of aromatic nitrogens is 3. The molecule has 4 rings (SSSR count). The maximum Gasteiger partial charge on any atom is 0.316 e. The molecular formula is C21H21N5O5S2. The number of benzene rings is 1. The molecule has 0 saturated heterocycles. The van der Waals surface area contributed by atoms with E-state index < -0.39 is 17.5 Å². The summed E-state index contributed by atoms with van der Waals surface area (Å²) < 4.78 is 7.12. The summed E-state index contributed by atoms with van der Waals surface area (Å²) in [6.07, 6.45) is 1.34. The van der Waals surface area contributed by atoms with E-state index in [1.54, 1.807) is 17.4 Å². The number of aryl methyl sites for hydroxylation is 1. The van der Waals surface area contributed by atoms with Gasteiger partial charge in [0.1, 0.15) is 0 Å². The Balaban J connectivity index is 1.33. The third-order valence-corrected chi connectivity index (χ3v) is 6.95. The van der Waals surface area contributed by atoms with Gasteiger partial charge in [-0.1, -0.05) is 17.8 Å². The quantitative estimate of drug-likeness (QED) is 0.205. The van der Waals surface area contributed by atoms with Gasteiger partial charge in [0.05, 0.1) is 15.6 Å². The van der Waals surface area contributed by atoms with Crippen LogP contribution in [0.1, 0.15) is 18.9 Å². The van der Waals surface area contributed by atoms with Crippen LogP contribution in [0.2, 0.25) is 0 Å². The molecule has 0 radical (unpaired) electrons. The fraction of sp³-hybridized carbons (Fsp3) is 0.333. The van der Waals surface area contributed by atoms with Crippen molar-refractivity contribution in [2.75, 3.05) is 23.8 Å². The maximum absolute atomic E-state index is 12.7. The van der Waals surface area contributed by atoms with Gasteiger partial charge in [0.25, 0.3) is 11.6 Å². The van der Waals surface area contributed by atoms with Crippen LogP contribution in [0.5, 0.6) is 0 Å². The summed E-state index contributed by atoms with van der Waals surface area (Å²) in [5, 5.41) is 22.0. The van der Waals surface area contributed by atoms with Crippen LogP contribution in [0.3, 0.4) is 0 Å². The molecule has 2 aromatic heterocycles. The van der Waals surface area contributed by atoms with E-state index in [1.807, 2.05) is 29.0 Å². The number of hydrogen-bond donors (Lipinski definition) is 0. The van der Waals surface area contributed by atoms with Crippen molar-refractivity contribution >= 4 is 46.3 Å². The Kier molecular flexibility index (Phi) is 7.04. The number of thiophene rings is 1. The Morgan fingerprint density at radius 2 is 2.15 bits per heavy atom. The second-order valence-corrected chi connectivity index (χ2v) is 9.09. The molecule has 3 heterocycles. The first-order valence-corrected chi connectivity index (χ1v) is 12.2. The molecule has 1 aromatic carbocycles. The molecule has 0 unspecified atom stereocenters. The summed E-state index contributed by atoms with van der Waals surface area (Å²) in [6.45, 7) is 2.72. The molecular weight excluding hydrogens is 466 g/mol. The van der Waals surface area contributed by atoms with Gasteiger partial charge in [-0.25, -0.2) is 0 Å². The van der Waals surface area contributed by atoms with E-state index in [-0.39, 0.29) is 17.3 Å². The van der Waals surface area contributed by atoms with Crippen molar-refractivity contribution in [1.29, 1.82) is 0 Å². The average Bonchev–Trinajstić information content (AvgIpc) is 3.49. The first-order chi connectivity index (χ1) is 16.0. The van der Waals surface area contributed by atoms with E-state index in [0.717, 1.165) is 16.3 Å². The molecule has 172 valence electrons. The van der Waals surface area contributed by atoms with E-state index in [0.29, 0.717) is 36.8 Å². The van der Waals surface area contributed by atoms with E-state index in [4.69, 9.17) is 4.74 Å². The number of ether oxygens (including phenoxy) is 1. The van der Waals surface area contributed by atoms with Crippen LogP contribution < -0.4 is 4.90 Å². The number of non-ortho nitro benzene ring substituents is 1. The minimum Gasteiger partial charge on any atom is -0.455 e. The van der Waals surface area contributed by atoms with Crippen molar-refractivity contribution in [3.8, 4) is 10.7 Å². The number of anilines is 1. The van der Waals surface area contributed by atoms with E-state index in [9.17, 15) is 19.7 Å². The SMILES string of the molecule is CCn1c(SCC(=O)OCC(=O)N2CCCc3cc([N+](=O)[O-])ccc32)nnc1-c1cccs1. The van der Waals surface area contributed by atoms with Gasteiger partial charge in [-0.05, 0) is 42.8 Å². The predicted molar refractivity (Wildman–Crippen MR) is 124 cm³/mol. The number of nitro groups is 1. The van der Waals surface area contributed by atoms with E-state index >= 15 is 0 Å². The third-order valence-electron chi connectivity index (χ3n) is 5.14. The number of amides is 1. The van der Waals surface area contributed by atoms with Gasteiger partial charge in [-0.3, -0.25) is 19.7 Å². The predicted octanol–water partition coefficient (Wildman–Crippen LogP) is 3.55. The Morgan fingerprint density at radius 1 is 1.30 bits per heavy atom. The largest absolute Gasteiger partial charge is 0.455 e. The summed E-state index contributed by atoms with van der Waals surface area (Å²) in [6, 6.07) is 8.35. The van der Waals surface area contributed by atoms with Gasteiger partial charge >= 0.3 is 5.97 Å². The van der Waals surface area contributed by atoms with Gasteiger partial charge in [-0.2, -0.15) is 0 Å². The zero-order valence-electron chi connectivity index (χ0n) is 17.8. The highest BCUT2D eigenvalue weighted by molar-refractivity contribution is 7.99. The summed E-state index contributed by atoms with van der Waals surface area (Å²) in [5.74, 6) is -0.140. The topological polar surface area (TPSA) is 120 Å². The third kappa shape index (κ3) is 5.06. The van der Waals surface area contributed by atoms with Crippen molar-refractivity contribution in [3.63, 3.8) is 0 Å². The Labute approximate surface area is 197 Å². The Hall–Kier alpha value is -3.25. The number of carbonyl (C=O) groups excluding carboxylic acids is 2. The molecule has 0 bridgehead atoms.